The number of rotatable bonds is 5. The van der Waals surface area contributed by atoms with Crippen LogP contribution in [0.2, 0.25) is 0 Å². The molecule has 90 valence electrons. The molecule has 0 saturated heterocycles. The lowest BCUT2D eigenvalue weighted by molar-refractivity contribution is -0.144. The van der Waals surface area contributed by atoms with Gasteiger partial charge in [0.25, 0.3) is 0 Å². The number of hydrogen-bond donors (Lipinski definition) is 1. The minimum absolute atomic E-state index is 0.139. The van der Waals surface area contributed by atoms with Gasteiger partial charge in [-0.3, -0.25) is 4.90 Å². The fraction of sp³-hybridized carbons (Fsp3) is 1.00. The molecule has 1 aliphatic rings. The summed E-state index contributed by atoms with van der Waals surface area (Å²) in [6, 6.07) is 0. The van der Waals surface area contributed by atoms with Crippen molar-refractivity contribution in [2.45, 2.75) is 31.9 Å². The quantitative estimate of drug-likeness (QED) is 0.774. The number of nitrogens with two attached hydrogens (primary N) is 1. The summed E-state index contributed by atoms with van der Waals surface area (Å²) in [5.41, 5.74) is 5.78. The molecular weight excluding hydrogens is 205 g/mol. The summed E-state index contributed by atoms with van der Waals surface area (Å²) < 4.78 is 36.1. The molecule has 0 aromatic rings. The van der Waals surface area contributed by atoms with Crippen LogP contribution in [0.1, 0.15) is 25.7 Å². The molecule has 0 unspecified atom stereocenters. The minimum Gasteiger partial charge on any atom is -0.330 e. The third kappa shape index (κ3) is 3.99. The summed E-state index contributed by atoms with van der Waals surface area (Å²) >= 11 is 0. The van der Waals surface area contributed by atoms with E-state index in [2.05, 4.69) is 0 Å². The Kier molecular flexibility index (Phi) is 4.00. The van der Waals surface area contributed by atoms with Crippen molar-refractivity contribution >= 4 is 0 Å². The van der Waals surface area contributed by atoms with Crippen LogP contribution in [0, 0.1) is 5.41 Å². The van der Waals surface area contributed by atoms with Crippen LogP contribution >= 0.6 is 0 Å². The van der Waals surface area contributed by atoms with Crippen LogP contribution in [-0.2, 0) is 0 Å². The van der Waals surface area contributed by atoms with Crippen molar-refractivity contribution in [1.29, 1.82) is 0 Å². The average molecular weight is 224 g/mol. The van der Waals surface area contributed by atoms with Crippen LogP contribution in [0.15, 0.2) is 0 Å². The summed E-state index contributed by atoms with van der Waals surface area (Å²) in [4.78, 5) is 1.33. The van der Waals surface area contributed by atoms with Crippen LogP contribution < -0.4 is 5.73 Å². The highest BCUT2D eigenvalue weighted by Gasteiger charge is 2.36. The standard InChI is InChI=1S/C10H19F3N2/c1-15(8-10(11,12)13)6-5-9(7-14)3-2-4-9/h2-8,14H2,1H3. The summed E-state index contributed by atoms with van der Waals surface area (Å²) in [6.07, 6.45) is 0.00716. The summed E-state index contributed by atoms with van der Waals surface area (Å²) in [5.74, 6) is 0. The summed E-state index contributed by atoms with van der Waals surface area (Å²) in [7, 11) is 1.51. The molecule has 0 spiro atoms. The van der Waals surface area contributed by atoms with Gasteiger partial charge in [-0.1, -0.05) is 6.42 Å². The van der Waals surface area contributed by atoms with E-state index in [9.17, 15) is 13.2 Å². The summed E-state index contributed by atoms with van der Waals surface area (Å²) in [6.45, 7) is 0.261. The molecule has 1 aliphatic carbocycles. The minimum atomic E-state index is -4.09. The van der Waals surface area contributed by atoms with Gasteiger partial charge >= 0.3 is 6.18 Å². The highest BCUT2D eigenvalue weighted by molar-refractivity contribution is 4.89. The van der Waals surface area contributed by atoms with Gasteiger partial charge in [0.2, 0.25) is 0 Å². The van der Waals surface area contributed by atoms with Gasteiger partial charge in [-0.05, 0) is 44.8 Å². The molecule has 5 heteroatoms. The first kappa shape index (κ1) is 12.8. The van der Waals surface area contributed by atoms with Gasteiger partial charge < -0.3 is 5.73 Å². The Morgan fingerprint density at radius 2 is 1.93 bits per heavy atom. The van der Waals surface area contributed by atoms with Crippen molar-refractivity contribution in [1.82, 2.24) is 4.90 Å². The van der Waals surface area contributed by atoms with Crippen LogP contribution in [0.3, 0.4) is 0 Å². The first-order valence-electron chi connectivity index (χ1n) is 5.32. The van der Waals surface area contributed by atoms with E-state index in [1.54, 1.807) is 0 Å². The monoisotopic (exact) mass is 224 g/mol. The van der Waals surface area contributed by atoms with E-state index in [1.807, 2.05) is 0 Å². The van der Waals surface area contributed by atoms with Crippen molar-refractivity contribution < 1.29 is 13.2 Å². The van der Waals surface area contributed by atoms with E-state index in [-0.39, 0.29) is 5.41 Å². The molecule has 15 heavy (non-hydrogen) atoms. The lowest BCUT2D eigenvalue weighted by atomic mass is 9.67. The van der Waals surface area contributed by atoms with Crippen LogP contribution in [-0.4, -0.2) is 37.8 Å². The van der Waals surface area contributed by atoms with E-state index in [0.717, 1.165) is 19.3 Å². The lowest BCUT2D eigenvalue weighted by Crippen LogP contribution is -2.41. The van der Waals surface area contributed by atoms with Crippen molar-refractivity contribution in [2.75, 3.05) is 26.7 Å². The number of alkyl halides is 3. The third-order valence-electron chi connectivity index (χ3n) is 3.32. The Bertz CT molecular complexity index is 194. The van der Waals surface area contributed by atoms with Gasteiger partial charge in [0.15, 0.2) is 0 Å². The Labute approximate surface area is 88.6 Å². The third-order valence-corrected chi connectivity index (χ3v) is 3.32. The molecule has 2 N–H and O–H groups in total. The smallest absolute Gasteiger partial charge is 0.330 e. The fourth-order valence-electron chi connectivity index (χ4n) is 2.05. The second-order valence-electron chi connectivity index (χ2n) is 4.66. The number of halogens is 3. The molecule has 0 heterocycles. The topological polar surface area (TPSA) is 29.3 Å². The largest absolute Gasteiger partial charge is 0.401 e. The summed E-state index contributed by atoms with van der Waals surface area (Å²) in [5, 5.41) is 0. The first-order chi connectivity index (χ1) is 6.87. The van der Waals surface area contributed by atoms with Gasteiger partial charge in [-0.2, -0.15) is 13.2 Å². The zero-order valence-corrected chi connectivity index (χ0v) is 9.11. The highest BCUT2D eigenvalue weighted by Crippen LogP contribution is 2.42. The molecule has 0 aromatic heterocycles. The van der Waals surface area contributed by atoms with E-state index >= 15 is 0 Å². The van der Waals surface area contributed by atoms with Gasteiger partial charge in [0.05, 0.1) is 6.54 Å². The molecule has 1 saturated carbocycles. The Hall–Kier alpha value is -0.290. The molecule has 0 radical (unpaired) electrons. The number of nitrogens with zero attached hydrogens (tertiary/aromatic N) is 1. The van der Waals surface area contributed by atoms with Crippen LogP contribution in [0.4, 0.5) is 13.2 Å². The van der Waals surface area contributed by atoms with E-state index < -0.39 is 12.7 Å². The number of hydrogen-bond acceptors (Lipinski definition) is 2. The molecule has 0 aromatic carbocycles. The highest BCUT2D eigenvalue weighted by atomic mass is 19.4. The lowest BCUT2D eigenvalue weighted by Gasteiger charge is -2.42. The van der Waals surface area contributed by atoms with Crippen molar-refractivity contribution in [3.05, 3.63) is 0 Å². The maximum atomic E-state index is 12.0. The van der Waals surface area contributed by atoms with Crippen molar-refractivity contribution in [3.8, 4) is 0 Å². The maximum Gasteiger partial charge on any atom is 0.401 e. The van der Waals surface area contributed by atoms with Crippen molar-refractivity contribution in [3.63, 3.8) is 0 Å². The maximum absolute atomic E-state index is 12.0. The predicted molar refractivity (Wildman–Crippen MR) is 53.5 cm³/mol. The zero-order chi connectivity index (χ0) is 11.5. The Morgan fingerprint density at radius 3 is 2.27 bits per heavy atom. The second-order valence-corrected chi connectivity index (χ2v) is 4.66. The Balaban J connectivity index is 2.24. The fourth-order valence-corrected chi connectivity index (χ4v) is 2.05. The van der Waals surface area contributed by atoms with E-state index in [4.69, 9.17) is 5.73 Å². The molecule has 0 aliphatic heterocycles. The van der Waals surface area contributed by atoms with E-state index in [1.165, 1.54) is 18.4 Å². The molecule has 1 fully saturated rings. The van der Waals surface area contributed by atoms with Crippen LogP contribution in [0.25, 0.3) is 0 Å². The van der Waals surface area contributed by atoms with Gasteiger partial charge in [0, 0.05) is 0 Å². The van der Waals surface area contributed by atoms with Crippen LogP contribution in [0.5, 0.6) is 0 Å². The van der Waals surface area contributed by atoms with Gasteiger partial charge in [0.1, 0.15) is 0 Å². The average Bonchev–Trinajstić information content (AvgIpc) is 1.99. The SMILES string of the molecule is CN(CCC1(CN)CCC1)CC(F)(F)F. The molecule has 0 atom stereocenters. The second kappa shape index (κ2) is 4.70. The Morgan fingerprint density at radius 1 is 1.33 bits per heavy atom. The van der Waals surface area contributed by atoms with E-state index in [0.29, 0.717) is 13.1 Å². The molecule has 0 amide bonds. The van der Waals surface area contributed by atoms with Crippen molar-refractivity contribution in [2.24, 2.45) is 11.1 Å². The first-order valence-corrected chi connectivity index (χ1v) is 5.32. The zero-order valence-electron chi connectivity index (χ0n) is 9.11. The molecule has 1 rings (SSSR count). The predicted octanol–water partition coefficient (Wildman–Crippen LogP) is 2.00. The molecular formula is C10H19F3N2. The normalized spacial score (nSPS) is 20.4. The van der Waals surface area contributed by atoms with Gasteiger partial charge in [-0.15, -0.1) is 0 Å². The van der Waals surface area contributed by atoms with Gasteiger partial charge in [-0.25, -0.2) is 0 Å². The molecule has 2 nitrogen and oxygen atoms in total. The molecule has 0 bridgehead atoms.